The Morgan fingerprint density at radius 1 is 0.867 bits per heavy atom. The van der Waals surface area contributed by atoms with Crippen LogP contribution in [0.4, 0.5) is 5.69 Å². The molecule has 3 N–H and O–H groups in total. The van der Waals surface area contributed by atoms with E-state index in [4.69, 9.17) is 0 Å². The lowest BCUT2D eigenvalue weighted by atomic mass is 10.1. The van der Waals surface area contributed by atoms with Crippen LogP contribution >= 0.6 is 0 Å². The lowest BCUT2D eigenvalue weighted by Gasteiger charge is -2.09. The molecule has 2 rings (SSSR count). The molecule has 0 aromatic heterocycles. The summed E-state index contributed by atoms with van der Waals surface area (Å²) in [6.45, 7) is 3.22. The van der Waals surface area contributed by atoms with E-state index in [2.05, 4.69) is 15.4 Å². The molecule has 0 saturated carbocycles. The molecular formula is C21H25N3O5S. The van der Waals surface area contributed by atoms with Gasteiger partial charge in [0.2, 0.25) is 21.8 Å². The van der Waals surface area contributed by atoms with Gasteiger partial charge in [-0.3, -0.25) is 14.4 Å². The van der Waals surface area contributed by atoms with E-state index in [1.165, 1.54) is 38.1 Å². The Kier molecular flexibility index (Phi) is 8.25. The molecule has 0 heterocycles. The molecule has 8 nitrogen and oxygen atoms in total. The summed E-state index contributed by atoms with van der Waals surface area (Å²) < 4.78 is 26.8. The Bertz CT molecular complexity index is 1000. The Hall–Kier alpha value is -3.04. The van der Waals surface area contributed by atoms with Crippen molar-refractivity contribution in [3.8, 4) is 0 Å². The molecule has 0 radical (unpaired) electrons. The summed E-state index contributed by atoms with van der Waals surface area (Å²) in [6.07, 6.45) is 0.618. The summed E-state index contributed by atoms with van der Waals surface area (Å²) in [5, 5.41) is 5.42. The van der Waals surface area contributed by atoms with Crippen LogP contribution in [-0.2, 0) is 26.0 Å². The summed E-state index contributed by atoms with van der Waals surface area (Å²) >= 11 is 0. The van der Waals surface area contributed by atoms with Gasteiger partial charge in [-0.2, -0.15) is 0 Å². The number of Topliss-reactive ketones (excluding diaryl/α,β-unsaturated/α-hetero) is 1. The van der Waals surface area contributed by atoms with Gasteiger partial charge >= 0.3 is 0 Å². The minimum absolute atomic E-state index is 0.00618. The van der Waals surface area contributed by atoms with E-state index in [-0.39, 0.29) is 35.5 Å². The molecule has 2 aromatic carbocycles. The Morgan fingerprint density at radius 3 is 2.07 bits per heavy atom. The van der Waals surface area contributed by atoms with Gasteiger partial charge in [0.25, 0.3) is 0 Å². The molecule has 0 aliphatic rings. The van der Waals surface area contributed by atoms with Crippen LogP contribution in [0.1, 0.15) is 36.2 Å². The second kappa shape index (κ2) is 10.7. The zero-order valence-corrected chi connectivity index (χ0v) is 17.7. The summed E-state index contributed by atoms with van der Waals surface area (Å²) in [7, 11) is -3.75. The minimum atomic E-state index is -3.75. The summed E-state index contributed by atoms with van der Waals surface area (Å²) in [4.78, 5) is 34.2. The first kappa shape index (κ1) is 23.2. The molecule has 0 spiro atoms. The van der Waals surface area contributed by atoms with Crippen LogP contribution in [-0.4, -0.2) is 39.1 Å². The Morgan fingerprint density at radius 2 is 1.50 bits per heavy atom. The highest BCUT2D eigenvalue weighted by atomic mass is 32.2. The van der Waals surface area contributed by atoms with Crippen molar-refractivity contribution in [3.63, 3.8) is 0 Å². The van der Waals surface area contributed by atoms with Crippen molar-refractivity contribution in [1.82, 2.24) is 10.0 Å². The average molecular weight is 432 g/mol. The van der Waals surface area contributed by atoms with Crippen molar-refractivity contribution in [2.45, 2.75) is 31.6 Å². The number of sulfonamides is 1. The predicted octanol–water partition coefficient (Wildman–Crippen LogP) is 1.87. The van der Waals surface area contributed by atoms with Crippen molar-refractivity contribution >= 4 is 33.3 Å². The molecule has 0 saturated heterocycles. The number of carbonyl (C=O) groups is 3. The molecule has 2 aromatic rings. The number of benzene rings is 2. The molecule has 0 aliphatic heterocycles. The van der Waals surface area contributed by atoms with Crippen LogP contribution in [0.25, 0.3) is 0 Å². The average Bonchev–Trinajstić information content (AvgIpc) is 2.69. The first-order valence-corrected chi connectivity index (χ1v) is 10.9. The quantitative estimate of drug-likeness (QED) is 0.496. The molecular weight excluding hydrogens is 406 g/mol. The van der Waals surface area contributed by atoms with Crippen LogP contribution in [0.2, 0.25) is 0 Å². The second-order valence-electron chi connectivity index (χ2n) is 6.71. The molecule has 2 amide bonds. The van der Waals surface area contributed by atoms with Crippen molar-refractivity contribution in [1.29, 1.82) is 0 Å². The summed E-state index contributed by atoms with van der Waals surface area (Å²) in [5.41, 5.74) is 2.13. The van der Waals surface area contributed by atoms with Crippen molar-refractivity contribution in [3.05, 3.63) is 59.7 Å². The SMILES string of the molecule is CC(=O)Nc1ccc(CCNC(=O)CCNS(=O)(=O)c2ccc(C(C)=O)cc2)cc1. The number of amides is 2. The number of hydrogen-bond donors (Lipinski definition) is 3. The number of rotatable bonds is 10. The predicted molar refractivity (Wildman–Crippen MR) is 114 cm³/mol. The van der Waals surface area contributed by atoms with Gasteiger partial charge in [-0.1, -0.05) is 24.3 Å². The summed E-state index contributed by atoms with van der Waals surface area (Å²) in [5.74, 6) is -0.551. The van der Waals surface area contributed by atoms with Gasteiger partial charge in [-0.05, 0) is 43.2 Å². The number of carbonyl (C=O) groups excluding carboxylic acids is 3. The van der Waals surface area contributed by atoms with E-state index in [1.807, 2.05) is 12.1 Å². The minimum Gasteiger partial charge on any atom is -0.356 e. The van der Waals surface area contributed by atoms with E-state index in [1.54, 1.807) is 12.1 Å². The molecule has 0 bridgehead atoms. The maximum atomic E-state index is 12.2. The largest absolute Gasteiger partial charge is 0.356 e. The third-order valence-corrected chi connectivity index (χ3v) is 5.70. The van der Waals surface area contributed by atoms with E-state index in [0.29, 0.717) is 24.2 Å². The number of hydrogen-bond acceptors (Lipinski definition) is 5. The monoisotopic (exact) mass is 431 g/mol. The third kappa shape index (κ3) is 7.41. The molecule has 0 aliphatic carbocycles. The normalized spacial score (nSPS) is 11.0. The standard InChI is InChI=1S/C21H25N3O5S/c1-15(25)18-5-9-20(10-6-18)30(28,29)23-14-12-21(27)22-13-11-17-3-7-19(8-4-17)24-16(2)26/h3-10,23H,11-14H2,1-2H3,(H,22,27)(H,24,26). The van der Waals surface area contributed by atoms with E-state index >= 15 is 0 Å². The highest BCUT2D eigenvalue weighted by Crippen LogP contribution is 2.11. The van der Waals surface area contributed by atoms with Crippen LogP contribution in [0.3, 0.4) is 0 Å². The fourth-order valence-corrected chi connectivity index (χ4v) is 3.68. The maximum Gasteiger partial charge on any atom is 0.240 e. The second-order valence-corrected chi connectivity index (χ2v) is 8.47. The Balaban J connectivity index is 1.72. The van der Waals surface area contributed by atoms with Gasteiger partial charge < -0.3 is 10.6 Å². The number of nitrogens with one attached hydrogen (secondary N) is 3. The zero-order chi connectivity index (χ0) is 22.1. The van der Waals surface area contributed by atoms with Gasteiger partial charge in [0.1, 0.15) is 0 Å². The van der Waals surface area contributed by atoms with E-state index < -0.39 is 10.0 Å². The molecule has 0 unspecified atom stereocenters. The van der Waals surface area contributed by atoms with Crippen molar-refractivity contribution in [2.24, 2.45) is 0 Å². The van der Waals surface area contributed by atoms with E-state index in [0.717, 1.165) is 5.56 Å². The van der Waals surface area contributed by atoms with E-state index in [9.17, 15) is 22.8 Å². The molecule has 160 valence electrons. The van der Waals surface area contributed by atoms with Gasteiger partial charge in [0, 0.05) is 37.7 Å². The summed E-state index contributed by atoms with van der Waals surface area (Å²) in [6, 6.07) is 12.9. The molecule has 0 fully saturated rings. The molecule has 9 heteroatoms. The van der Waals surface area contributed by atoms with Crippen molar-refractivity contribution in [2.75, 3.05) is 18.4 Å². The maximum absolute atomic E-state index is 12.2. The first-order valence-electron chi connectivity index (χ1n) is 9.41. The van der Waals surface area contributed by atoms with Crippen LogP contribution < -0.4 is 15.4 Å². The molecule has 30 heavy (non-hydrogen) atoms. The van der Waals surface area contributed by atoms with Gasteiger partial charge in [-0.25, -0.2) is 13.1 Å². The van der Waals surface area contributed by atoms with Crippen LogP contribution in [0.15, 0.2) is 53.4 Å². The van der Waals surface area contributed by atoms with Crippen LogP contribution in [0, 0.1) is 0 Å². The zero-order valence-electron chi connectivity index (χ0n) is 16.9. The highest BCUT2D eigenvalue weighted by Gasteiger charge is 2.14. The Labute approximate surface area is 176 Å². The number of anilines is 1. The smallest absolute Gasteiger partial charge is 0.240 e. The fourth-order valence-electron chi connectivity index (χ4n) is 2.64. The van der Waals surface area contributed by atoms with Gasteiger partial charge in [-0.15, -0.1) is 0 Å². The number of ketones is 1. The molecule has 0 atom stereocenters. The lowest BCUT2D eigenvalue weighted by molar-refractivity contribution is -0.121. The fraction of sp³-hybridized carbons (Fsp3) is 0.286. The van der Waals surface area contributed by atoms with Crippen molar-refractivity contribution < 1.29 is 22.8 Å². The van der Waals surface area contributed by atoms with Crippen LogP contribution in [0.5, 0.6) is 0 Å². The third-order valence-electron chi connectivity index (χ3n) is 4.23. The van der Waals surface area contributed by atoms with Gasteiger partial charge in [0.05, 0.1) is 4.90 Å². The van der Waals surface area contributed by atoms with Gasteiger partial charge in [0.15, 0.2) is 5.78 Å². The lowest BCUT2D eigenvalue weighted by Crippen LogP contribution is -2.31. The highest BCUT2D eigenvalue weighted by molar-refractivity contribution is 7.89. The topological polar surface area (TPSA) is 121 Å². The first-order chi connectivity index (χ1) is 14.2.